The lowest BCUT2D eigenvalue weighted by atomic mass is 9.88. The van der Waals surface area contributed by atoms with E-state index in [1.807, 2.05) is 0 Å². The molecule has 53 heavy (non-hydrogen) atoms. The van der Waals surface area contributed by atoms with Crippen LogP contribution in [0.5, 0.6) is 5.75 Å². The number of carboxylic acid groups (broad SMARTS) is 1. The number of rotatable bonds is 18. The lowest BCUT2D eigenvalue weighted by Gasteiger charge is -2.25. The second kappa shape index (κ2) is 18.6. The van der Waals surface area contributed by atoms with Crippen molar-refractivity contribution in [3.05, 3.63) is 75.4 Å². The predicted octanol–water partition coefficient (Wildman–Crippen LogP) is 3.83. The molecule has 15 heteroatoms. The maximum atomic E-state index is 13.7. The van der Waals surface area contributed by atoms with Gasteiger partial charge in [-0.3, -0.25) is 33.8 Å². The standard InChI is InChI=1S/C38H42N2O13/c1-5-49-31(43)19-39(20-32(44)50-6-2)17-27-29(41)15-13-25-35(23-11-9-10-12-24(23)38(47)48)26-14-16-30(42)28(37(26)53-36(25)27)18-40(21-33(45)51-7-3)22-34(46)52-8-4/h9-16,41H,5-8,17-22H2,1-4H3,(H,47,48). The molecule has 0 spiro atoms. The molecular formula is C38H42N2O13. The third-order valence-electron chi connectivity index (χ3n) is 8.02. The molecule has 0 fully saturated rings. The van der Waals surface area contributed by atoms with Gasteiger partial charge in [-0.05, 0) is 63.6 Å². The van der Waals surface area contributed by atoms with Crippen LogP contribution in [0.1, 0.15) is 49.2 Å². The average Bonchev–Trinajstić information content (AvgIpc) is 3.10. The zero-order valence-electron chi connectivity index (χ0n) is 30.0. The Morgan fingerprint density at radius 1 is 0.642 bits per heavy atom. The first-order chi connectivity index (χ1) is 25.4. The Bertz CT molecular complexity index is 1960. The summed E-state index contributed by atoms with van der Waals surface area (Å²) in [5, 5.41) is 21.8. The summed E-state index contributed by atoms with van der Waals surface area (Å²) in [5.74, 6) is -4.13. The van der Waals surface area contributed by atoms with Crippen LogP contribution in [0, 0.1) is 0 Å². The van der Waals surface area contributed by atoms with Gasteiger partial charge < -0.3 is 33.6 Å². The SMILES string of the molecule is CCOC(=O)CN(CC(=O)OCC)Cc1c2oc3c(CN(CC(=O)OCC)CC(=O)OCC)c(O)ccc3c(-c3ccccc3C(=O)O)c-2ccc1=O. The van der Waals surface area contributed by atoms with Gasteiger partial charge in [0.25, 0.3) is 0 Å². The number of phenols is 1. The summed E-state index contributed by atoms with van der Waals surface area (Å²) in [4.78, 5) is 79.3. The molecule has 2 N–H and O–H groups in total. The Hall–Kier alpha value is -5.80. The minimum atomic E-state index is -1.23. The van der Waals surface area contributed by atoms with Crippen molar-refractivity contribution in [2.45, 2.75) is 40.8 Å². The van der Waals surface area contributed by atoms with Crippen LogP contribution in [0.3, 0.4) is 0 Å². The predicted molar refractivity (Wildman–Crippen MR) is 190 cm³/mol. The fourth-order valence-electron chi connectivity index (χ4n) is 5.92. The summed E-state index contributed by atoms with van der Waals surface area (Å²) in [6.45, 7) is 4.81. The number of hydrogen-bond donors (Lipinski definition) is 2. The van der Waals surface area contributed by atoms with E-state index < -0.39 is 35.3 Å². The minimum Gasteiger partial charge on any atom is -0.507 e. The van der Waals surface area contributed by atoms with Gasteiger partial charge in [-0.15, -0.1) is 0 Å². The Morgan fingerprint density at radius 3 is 1.62 bits per heavy atom. The Labute approximate surface area is 304 Å². The third-order valence-corrected chi connectivity index (χ3v) is 8.02. The van der Waals surface area contributed by atoms with Crippen LogP contribution >= 0.6 is 0 Å². The molecule has 0 saturated heterocycles. The van der Waals surface area contributed by atoms with Crippen molar-refractivity contribution in [1.82, 2.24) is 9.80 Å². The van der Waals surface area contributed by atoms with E-state index in [9.17, 15) is 39.0 Å². The Kier molecular flexibility index (Phi) is 14.0. The van der Waals surface area contributed by atoms with E-state index in [1.165, 1.54) is 40.1 Å². The van der Waals surface area contributed by atoms with Gasteiger partial charge in [0.05, 0.1) is 69.3 Å². The normalized spacial score (nSPS) is 11.2. The van der Waals surface area contributed by atoms with Gasteiger partial charge in [0.2, 0.25) is 0 Å². The molecule has 282 valence electrons. The molecule has 1 aliphatic carbocycles. The number of carbonyl (C=O) groups is 5. The van der Waals surface area contributed by atoms with Crippen LogP contribution in [0.2, 0.25) is 0 Å². The first kappa shape index (κ1) is 40.0. The van der Waals surface area contributed by atoms with Crippen molar-refractivity contribution in [3.8, 4) is 28.2 Å². The summed E-state index contributed by atoms with van der Waals surface area (Å²) in [6, 6.07) is 11.9. The van der Waals surface area contributed by atoms with E-state index in [0.717, 1.165) is 0 Å². The molecule has 2 aromatic carbocycles. The summed E-state index contributed by atoms with van der Waals surface area (Å²) in [7, 11) is 0. The number of ether oxygens (including phenoxy) is 4. The van der Waals surface area contributed by atoms with Gasteiger partial charge in [-0.2, -0.15) is 0 Å². The van der Waals surface area contributed by atoms with Crippen LogP contribution in [0.25, 0.3) is 33.4 Å². The molecule has 15 nitrogen and oxygen atoms in total. The molecule has 1 heterocycles. The molecule has 2 aromatic rings. The molecule has 0 amide bonds. The Balaban J connectivity index is 2.03. The molecule has 2 aliphatic rings. The maximum Gasteiger partial charge on any atom is 0.336 e. The van der Waals surface area contributed by atoms with Crippen LogP contribution in [-0.2, 0) is 51.2 Å². The van der Waals surface area contributed by atoms with Crippen molar-refractivity contribution in [2.75, 3.05) is 52.6 Å². The summed E-state index contributed by atoms with van der Waals surface area (Å²) >= 11 is 0. The lowest BCUT2D eigenvalue weighted by molar-refractivity contribution is -0.150. The number of aromatic carboxylic acids is 1. The number of carbonyl (C=O) groups excluding carboxylic acids is 4. The zero-order chi connectivity index (χ0) is 38.7. The maximum absolute atomic E-state index is 13.7. The van der Waals surface area contributed by atoms with Crippen LogP contribution < -0.4 is 5.43 Å². The van der Waals surface area contributed by atoms with Crippen molar-refractivity contribution >= 4 is 40.8 Å². The molecule has 0 aromatic heterocycles. The topological polar surface area (TPSA) is 199 Å². The second-order valence-corrected chi connectivity index (χ2v) is 11.7. The number of nitrogens with zero attached hydrogens (tertiary/aromatic N) is 2. The quantitative estimate of drug-likeness (QED) is 0.0849. The summed E-state index contributed by atoms with van der Waals surface area (Å²) in [5.41, 5.74) is 0.452. The molecule has 0 unspecified atom stereocenters. The number of hydrogen-bond acceptors (Lipinski definition) is 14. The van der Waals surface area contributed by atoms with Gasteiger partial charge in [-0.25, -0.2) is 4.79 Å². The zero-order valence-corrected chi connectivity index (χ0v) is 30.0. The number of fused-ring (bicyclic) bond motifs is 2. The summed E-state index contributed by atoms with van der Waals surface area (Å²) < 4.78 is 26.9. The molecule has 0 saturated carbocycles. The fourth-order valence-corrected chi connectivity index (χ4v) is 5.92. The van der Waals surface area contributed by atoms with Gasteiger partial charge >= 0.3 is 29.8 Å². The molecule has 0 radical (unpaired) electrons. The van der Waals surface area contributed by atoms with Crippen LogP contribution in [0.15, 0.2) is 57.7 Å². The van der Waals surface area contributed by atoms with E-state index in [4.69, 9.17) is 23.4 Å². The molecular weight excluding hydrogens is 692 g/mol. The van der Waals surface area contributed by atoms with E-state index in [0.29, 0.717) is 16.5 Å². The highest BCUT2D eigenvalue weighted by Crippen LogP contribution is 2.45. The second-order valence-electron chi connectivity index (χ2n) is 11.7. The highest BCUT2D eigenvalue weighted by atomic mass is 16.5. The van der Waals surface area contributed by atoms with Crippen molar-refractivity contribution in [2.24, 2.45) is 0 Å². The number of benzene rings is 3. The van der Waals surface area contributed by atoms with Gasteiger partial charge in [0, 0.05) is 29.6 Å². The molecule has 0 bridgehead atoms. The van der Waals surface area contributed by atoms with Crippen molar-refractivity contribution < 1.29 is 57.6 Å². The molecule has 4 rings (SSSR count). The molecule has 1 aliphatic heterocycles. The molecule has 0 atom stereocenters. The monoisotopic (exact) mass is 734 g/mol. The highest BCUT2D eigenvalue weighted by molar-refractivity contribution is 6.08. The Morgan fingerprint density at radius 2 is 1.13 bits per heavy atom. The number of esters is 4. The van der Waals surface area contributed by atoms with Crippen molar-refractivity contribution in [1.29, 1.82) is 0 Å². The van der Waals surface area contributed by atoms with E-state index >= 15 is 0 Å². The number of phenolic OH excluding ortho intramolecular Hbond substituents is 1. The van der Waals surface area contributed by atoms with E-state index in [2.05, 4.69) is 0 Å². The average molecular weight is 735 g/mol. The first-order valence-corrected chi connectivity index (χ1v) is 17.0. The van der Waals surface area contributed by atoms with Gasteiger partial charge in [0.15, 0.2) is 5.43 Å². The van der Waals surface area contributed by atoms with Gasteiger partial charge in [-0.1, -0.05) is 18.2 Å². The van der Waals surface area contributed by atoms with Gasteiger partial charge in [0.1, 0.15) is 17.1 Å². The fraction of sp³-hybridized carbons (Fsp3) is 0.368. The highest BCUT2D eigenvalue weighted by Gasteiger charge is 2.29. The summed E-state index contributed by atoms with van der Waals surface area (Å²) in [6.07, 6.45) is 0. The van der Waals surface area contributed by atoms with E-state index in [1.54, 1.807) is 45.9 Å². The number of carboxylic acids is 1. The first-order valence-electron chi connectivity index (χ1n) is 17.0. The minimum absolute atomic E-state index is 0.0104. The largest absolute Gasteiger partial charge is 0.507 e. The lowest BCUT2D eigenvalue weighted by Crippen LogP contribution is -2.37. The van der Waals surface area contributed by atoms with E-state index in [-0.39, 0.29) is 105 Å². The third kappa shape index (κ3) is 9.96. The van der Waals surface area contributed by atoms with Crippen molar-refractivity contribution in [3.63, 3.8) is 0 Å². The number of aromatic hydroxyl groups is 1. The smallest absolute Gasteiger partial charge is 0.336 e. The van der Waals surface area contributed by atoms with Crippen LogP contribution in [0.4, 0.5) is 0 Å². The van der Waals surface area contributed by atoms with Crippen LogP contribution in [-0.4, -0.2) is 102 Å².